The first-order valence-corrected chi connectivity index (χ1v) is 11.7. The van der Waals surface area contributed by atoms with Crippen molar-refractivity contribution < 1.29 is 14.3 Å². The van der Waals surface area contributed by atoms with E-state index in [1.807, 2.05) is 68.1 Å². The van der Waals surface area contributed by atoms with Gasteiger partial charge in [0, 0.05) is 25.4 Å². The Kier molecular flexibility index (Phi) is 8.94. The second kappa shape index (κ2) is 12.1. The summed E-state index contributed by atoms with van der Waals surface area (Å²) in [6.07, 6.45) is 1.48. The van der Waals surface area contributed by atoms with Crippen molar-refractivity contribution in [3.63, 3.8) is 0 Å². The Morgan fingerprint density at radius 2 is 1.45 bits per heavy atom. The molecule has 0 aliphatic rings. The van der Waals surface area contributed by atoms with Crippen molar-refractivity contribution in [2.45, 2.75) is 52.2 Å². The number of methoxy groups -OCH3 is 1. The van der Waals surface area contributed by atoms with E-state index < -0.39 is 0 Å². The first kappa shape index (κ1) is 24.4. The molecule has 1 amide bonds. The van der Waals surface area contributed by atoms with Crippen LogP contribution in [0.15, 0.2) is 78.9 Å². The number of carbonyl (C=O) groups excluding carboxylic acids is 1. The molecule has 0 fully saturated rings. The number of nitrogens with zero attached hydrogens (tertiary/aromatic N) is 1. The fraction of sp³-hybridized carbons (Fsp3) is 0.345. The number of hydrogen-bond acceptors (Lipinski definition) is 3. The third-order valence-corrected chi connectivity index (χ3v) is 5.73. The minimum Gasteiger partial charge on any atom is -0.497 e. The van der Waals surface area contributed by atoms with Crippen molar-refractivity contribution in [1.29, 1.82) is 0 Å². The van der Waals surface area contributed by atoms with Crippen LogP contribution < -0.4 is 9.47 Å². The third-order valence-electron chi connectivity index (χ3n) is 5.73. The highest BCUT2D eigenvalue weighted by Gasteiger charge is 2.19. The summed E-state index contributed by atoms with van der Waals surface area (Å²) in [6, 6.07) is 26.8. The number of rotatable bonds is 11. The molecule has 0 bridgehead atoms. The lowest BCUT2D eigenvalue weighted by atomic mass is 9.88. The van der Waals surface area contributed by atoms with Crippen LogP contribution in [0.3, 0.4) is 0 Å². The first-order valence-electron chi connectivity index (χ1n) is 11.7. The fourth-order valence-electron chi connectivity index (χ4n) is 4.01. The van der Waals surface area contributed by atoms with Gasteiger partial charge in [-0.3, -0.25) is 4.79 Å². The molecule has 0 saturated carbocycles. The lowest BCUT2D eigenvalue weighted by Crippen LogP contribution is -2.31. The maximum atomic E-state index is 12.8. The molecule has 0 aliphatic carbocycles. The molecule has 33 heavy (non-hydrogen) atoms. The number of ether oxygens (including phenoxy) is 2. The molecular weight excluding hydrogens is 410 g/mol. The highest BCUT2D eigenvalue weighted by atomic mass is 16.5. The number of benzene rings is 3. The zero-order valence-corrected chi connectivity index (χ0v) is 20.2. The maximum absolute atomic E-state index is 12.8. The summed E-state index contributed by atoms with van der Waals surface area (Å²) in [5.74, 6) is 2.06. The van der Waals surface area contributed by atoms with Crippen molar-refractivity contribution in [2.24, 2.45) is 0 Å². The zero-order valence-electron chi connectivity index (χ0n) is 20.2. The molecule has 4 nitrogen and oxygen atoms in total. The summed E-state index contributed by atoms with van der Waals surface area (Å²) in [6.45, 7) is 7.26. The summed E-state index contributed by atoms with van der Waals surface area (Å²) in [7, 11) is 1.66. The molecule has 174 valence electrons. The van der Waals surface area contributed by atoms with E-state index in [2.05, 4.69) is 36.4 Å². The average molecular weight is 446 g/mol. The van der Waals surface area contributed by atoms with Gasteiger partial charge in [-0.25, -0.2) is 0 Å². The Morgan fingerprint density at radius 1 is 0.848 bits per heavy atom. The molecular formula is C29H35NO3. The molecule has 3 aromatic rings. The highest BCUT2D eigenvalue weighted by Crippen LogP contribution is 2.30. The second-order valence-electron chi connectivity index (χ2n) is 8.50. The first-order chi connectivity index (χ1) is 16.0. The molecule has 0 saturated heterocycles. The minimum atomic E-state index is 0.146. The third kappa shape index (κ3) is 7.11. The van der Waals surface area contributed by atoms with E-state index >= 15 is 0 Å². The Balaban J connectivity index is 1.79. The fourth-order valence-corrected chi connectivity index (χ4v) is 4.01. The van der Waals surface area contributed by atoms with Crippen LogP contribution in [-0.4, -0.2) is 30.6 Å². The van der Waals surface area contributed by atoms with Gasteiger partial charge in [-0.2, -0.15) is 0 Å². The minimum absolute atomic E-state index is 0.146. The van der Waals surface area contributed by atoms with E-state index in [1.165, 1.54) is 11.1 Å². The van der Waals surface area contributed by atoms with E-state index in [-0.39, 0.29) is 17.9 Å². The molecule has 0 spiro atoms. The van der Waals surface area contributed by atoms with E-state index in [1.54, 1.807) is 7.11 Å². The van der Waals surface area contributed by atoms with Gasteiger partial charge in [-0.15, -0.1) is 0 Å². The topological polar surface area (TPSA) is 38.8 Å². The highest BCUT2D eigenvalue weighted by molar-refractivity contribution is 5.75. The van der Waals surface area contributed by atoms with Crippen LogP contribution in [0.1, 0.15) is 56.2 Å². The summed E-state index contributed by atoms with van der Waals surface area (Å²) in [5, 5.41) is 0. The average Bonchev–Trinajstić information content (AvgIpc) is 2.84. The lowest BCUT2D eigenvalue weighted by Gasteiger charge is -2.26. The number of hydrogen-bond donors (Lipinski definition) is 0. The van der Waals surface area contributed by atoms with Gasteiger partial charge in [0.1, 0.15) is 11.5 Å². The van der Waals surface area contributed by atoms with Crippen LogP contribution in [0.5, 0.6) is 11.5 Å². The van der Waals surface area contributed by atoms with E-state index in [0.717, 1.165) is 23.5 Å². The molecule has 0 radical (unpaired) electrons. The van der Waals surface area contributed by atoms with Gasteiger partial charge in [0.2, 0.25) is 5.91 Å². The van der Waals surface area contributed by atoms with Crippen LogP contribution in [0.4, 0.5) is 0 Å². The lowest BCUT2D eigenvalue weighted by molar-refractivity contribution is -0.131. The van der Waals surface area contributed by atoms with Gasteiger partial charge in [0.05, 0.1) is 13.2 Å². The SMILES string of the molecule is CCC(=O)N(CC[C@@H](c1ccccc1)c1ccc(OC(C)C)cc1)Cc1ccc(OC)cc1. The Hall–Kier alpha value is -3.27. The summed E-state index contributed by atoms with van der Waals surface area (Å²) in [5.41, 5.74) is 3.58. The molecule has 0 heterocycles. The monoisotopic (exact) mass is 445 g/mol. The predicted molar refractivity (Wildman–Crippen MR) is 134 cm³/mol. The second-order valence-corrected chi connectivity index (χ2v) is 8.50. The molecule has 3 aromatic carbocycles. The maximum Gasteiger partial charge on any atom is 0.222 e. The van der Waals surface area contributed by atoms with Crippen molar-refractivity contribution >= 4 is 5.91 Å². The van der Waals surface area contributed by atoms with Crippen LogP contribution >= 0.6 is 0 Å². The molecule has 3 rings (SSSR count). The van der Waals surface area contributed by atoms with E-state index in [4.69, 9.17) is 9.47 Å². The summed E-state index contributed by atoms with van der Waals surface area (Å²) < 4.78 is 11.1. The molecule has 1 atom stereocenters. The molecule has 0 aromatic heterocycles. The smallest absolute Gasteiger partial charge is 0.222 e. The van der Waals surface area contributed by atoms with Gasteiger partial charge in [0.15, 0.2) is 0 Å². The van der Waals surface area contributed by atoms with Gasteiger partial charge in [-0.1, -0.05) is 61.5 Å². The Morgan fingerprint density at radius 3 is 2.03 bits per heavy atom. The number of carbonyl (C=O) groups is 1. The quantitative estimate of drug-likeness (QED) is 0.341. The van der Waals surface area contributed by atoms with Crippen molar-refractivity contribution in [1.82, 2.24) is 4.90 Å². The van der Waals surface area contributed by atoms with Crippen LogP contribution in [0.25, 0.3) is 0 Å². The van der Waals surface area contributed by atoms with Gasteiger partial charge >= 0.3 is 0 Å². The Bertz CT molecular complexity index is 982. The van der Waals surface area contributed by atoms with Crippen molar-refractivity contribution in [2.75, 3.05) is 13.7 Å². The van der Waals surface area contributed by atoms with E-state index in [9.17, 15) is 4.79 Å². The molecule has 0 unspecified atom stereocenters. The molecule has 0 aliphatic heterocycles. The van der Waals surface area contributed by atoms with Gasteiger partial charge in [-0.05, 0) is 61.2 Å². The predicted octanol–water partition coefficient (Wildman–Crippen LogP) is 6.44. The van der Waals surface area contributed by atoms with Crippen LogP contribution in [0, 0.1) is 0 Å². The van der Waals surface area contributed by atoms with Gasteiger partial charge < -0.3 is 14.4 Å². The largest absolute Gasteiger partial charge is 0.497 e. The molecule has 0 N–H and O–H groups in total. The standard InChI is InChI=1S/C29H35NO3/c1-5-29(31)30(21-23-11-15-26(32-4)16-12-23)20-19-28(24-9-7-6-8-10-24)25-13-17-27(18-14-25)33-22(2)3/h6-18,22,28H,5,19-21H2,1-4H3/t28-/m0/s1. The summed E-state index contributed by atoms with van der Waals surface area (Å²) in [4.78, 5) is 14.7. The van der Waals surface area contributed by atoms with Gasteiger partial charge in [0.25, 0.3) is 0 Å². The van der Waals surface area contributed by atoms with Crippen LogP contribution in [-0.2, 0) is 11.3 Å². The van der Waals surface area contributed by atoms with Crippen LogP contribution in [0.2, 0.25) is 0 Å². The normalized spacial score (nSPS) is 11.8. The summed E-state index contributed by atoms with van der Waals surface area (Å²) >= 11 is 0. The van der Waals surface area contributed by atoms with E-state index in [0.29, 0.717) is 19.5 Å². The Labute approximate surface area is 198 Å². The zero-order chi connectivity index (χ0) is 23.6. The van der Waals surface area contributed by atoms with Crippen molar-refractivity contribution in [3.8, 4) is 11.5 Å². The molecule has 4 heteroatoms. The number of amides is 1. The van der Waals surface area contributed by atoms with Crippen molar-refractivity contribution in [3.05, 3.63) is 95.6 Å².